The van der Waals surface area contributed by atoms with Crippen molar-refractivity contribution in [2.24, 2.45) is 7.05 Å². The van der Waals surface area contributed by atoms with E-state index < -0.39 is 0 Å². The average molecular weight is 267 g/mol. The summed E-state index contributed by atoms with van der Waals surface area (Å²) in [5, 5.41) is 3.17. The first kappa shape index (κ1) is 10.2. The van der Waals surface area contributed by atoms with Crippen LogP contribution in [0, 0.1) is 6.92 Å². The Morgan fingerprint density at radius 2 is 2.13 bits per heavy atom. The Morgan fingerprint density at radius 3 is 2.67 bits per heavy atom. The zero-order valence-corrected chi connectivity index (χ0v) is 10.3. The molecule has 0 aliphatic carbocycles. The van der Waals surface area contributed by atoms with Crippen LogP contribution in [0.15, 0.2) is 28.7 Å². The highest BCUT2D eigenvalue weighted by Crippen LogP contribution is 2.28. The molecule has 0 saturated carbocycles. The van der Waals surface area contributed by atoms with Crippen LogP contribution in [0.4, 0.5) is 5.82 Å². The molecule has 0 atom stereocenters. The molecule has 4 heteroatoms. The molecule has 3 N–H and O–H groups in total. The molecule has 1 aromatic carbocycles. The SMILES string of the molecule is Cc1[nH][n+](C)c(N)c1-c1cccc(Br)c1. The number of aromatic amines is 1. The smallest absolute Gasteiger partial charge is 0.285 e. The maximum atomic E-state index is 6.00. The Labute approximate surface area is 97.0 Å². The fourth-order valence-electron chi connectivity index (χ4n) is 1.74. The van der Waals surface area contributed by atoms with E-state index in [1.165, 1.54) is 0 Å². The van der Waals surface area contributed by atoms with Gasteiger partial charge in [-0.05, 0) is 24.6 Å². The van der Waals surface area contributed by atoms with E-state index in [9.17, 15) is 0 Å². The number of anilines is 1. The Balaban J connectivity index is 2.63. The van der Waals surface area contributed by atoms with Crippen LogP contribution in [-0.4, -0.2) is 5.10 Å². The molecule has 0 unspecified atom stereocenters. The standard InChI is InChI=1S/C11H12BrN3/c1-7-10(11(13)15(2)14-7)8-4-3-5-9(12)6-8/h3-6H,1-2H3,(H2,13,14)/p+1. The number of benzene rings is 1. The minimum Gasteiger partial charge on any atom is -0.285 e. The van der Waals surface area contributed by atoms with Crippen molar-refractivity contribution >= 4 is 21.7 Å². The molecule has 3 nitrogen and oxygen atoms in total. The highest BCUT2D eigenvalue weighted by atomic mass is 79.9. The predicted octanol–water partition coefficient (Wildman–Crippen LogP) is 2.16. The third-order valence-corrected chi connectivity index (χ3v) is 2.93. The molecule has 0 radical (unpaired) electrons. The fourth-order valence-corrected chi connectivity index (χ4v) is 2.14. The lowest BCUT2D eigenvalue weighted by atomic mass is 10.1. The number of halogens is 1. The van der Waals surface area contributed by atoms with E-state index in [2.05, 4.69) is 33.2 Å². The first-order valence-corrected chi connectivity index (χ1v) is 5.49. The summed E-state index contributed by atoms with van der Waals surface area (Å²) in [5.41, 5.74) is 9.27. The van der Waals surface area contributed by atoms with Gasteiger partial charge >= 0.3 is 5.82 Å². The van der Waals surface area contributed by atoms with E-state index in [1.807, 2.05) is 30.8 Å². The summed E-state index contributed by atoms with van der Waals surface area (Å²) in [5.74, 6) is 0.755. The summed E-state index contributed by atoms with van der Waals surface area (Å²) >= 11 is 3.46. The summed E-state index contributed by atoms with van der Waals surface area (Å²) in [6.07, 6.45) is 0. The van der Waals surface area contributed by atoms with Crippen LogP contribution >= 0.6 is 15.9 Å². The molecular formula is C11H13BrN3+. The molecule has 15 heavy (non-hydrogen) atoms. The van der Waals surface area contributed by atoms with Gasteiger partial charge in [0.2, 0.25) is 0 Å². The number of hydrogen-bond acceptors (Lipinski definition) is 1. The van der Waals surface area contributed by atoms with Gasteiger partial charge in [-0.2, -0.15) is 4.68 Å². The largest absolute Gasteiger partial charge is 0.300 e. The second kappa shape index (κ2) is 3.70. The second-order valence-corrected chi connectivity index (χ2v) is 4.48. The van der Waals surface area contributed by atoms with Gasteiger partial charge in [0.1, 0.15) is 7.05 Å². The maximum absolute atomic E-state index is 6.00. The minimum atomic E-state index is 0.755. The molecule has 1 aromatic heterocycles. The van der Waals surface area contributed by atoms with E-state index in [-0.39, 0.29) is 0 Å². The molecule has 0 saturated heterocycles. The van der Waals surface area contributed by atoms with Crippen molar-refractivity contribution in [3.05, 3.63) is 34.4 Å². The molecule has 0 amide bonds. The van der Waals surface area contributed by atoms with Crippen LogP contribution in [0.25, 0.3) is 11.1 Å². The van der Waals surface area contributed by atoms with Crippen LogP contribution in [0.1, 0.15) is 5.69 Å². The minimum absolute atomic E-state index is 0.755. The average Bonchev–Trinajstić information content (AvgIpc) is 2.41. The second-order valence-electron chi connectivity index (χ2n) is 3.57. The first-order valence-electron chi connectivity index (χ1n) is 4.69. The van der Waals surface area contributed by atoms with Crippen molar-refractivity contribution in [3.63, 3.8) is 0 Å². The van der Waals surface area contributed by atoms with E-state index in [4.69, 9.17) is 5.73 Å². The van der Waals surface area contributed by atoms with Crippen LogP contribution in [0.5, 0.6) is 0 Å². The highest BCUT2D eigenvalue weighted by molar-refractivity contribution is 9.10. The van der Waals surface area contributed by atoms with Crippen LogP contribution in [0.3, 0.4) is 0 Å². The van der Waals surface area contributed by atoms with Crippen LogP contribution < -0.4 is 10.4 Å². The normalized spacial score (nSPS) is 10.6. The van der Waals surface area contributed by atoms with Crippen LogP contribution in [0.2, 0.25) is 0 Å². The Bertz CT molecular complexity index is 503. The van der Waals surface area contributed by atoms with Crippen molar-refractivity contribution in [2.45, 2.75) is 6.92 Å². The topological polar surface area (TPSA) is 45.7 Å². The van der Waals surface area contributed by atoms with Crippen molar-refractivity contribution in [2.75, 3.05) is 5.73 Å². The van der Waals surface area contributed by atoms with Gasteiger partial charge in [-0.3, -0.25) is 5.73 Å². The number of nitrogens with two attached hydrogens (primary N) is 1. The van der Waals surface area contributed by atoms with Gasteiger partial charge in [0.15, 0.2) is 0 Å². The molecule has 0 spiro atoms. The molecule has 0 aliphatic heterocycles. The molecule has 0 bridgehead atoms. The van der Waals surface area contributed by atoms with Gasteiger partial charge in [-0.15, -0.1) is 0 Å². The van der Waals surface area contributed by atoms with Gasteiger partial charge in [-0.1, -0.05) is 28.1 Å². The molecule has 2 rings (SSSR count). The summed E-state index contributed by atoms with van der Waals surface area (Å²) in [6.45, 7) is 2.02. The van der Waals surface area contributed by atoms with Crippen molar-refractivity contribution in [1.29, 1.82) is 0 Å². The molecule has 0 fully saturated rings. The number of H-pyrrole nitrogens is 1. The predicted molar refractivity (Wildman–Crippen MR) is 64.3 cm³/mol. The number of nitrogens with zero attached hydrogens (tertiary/aromatic N) is 1. The maximum Gasteiger partial charge on any atom is 0.300 e. The Hall–Kier alpha value is -1.29. The summed E-state index contributed by atoms with van der Waals surface area (Å²) < 4.78 is 2.88. The van der Waals surface area contributed by atoms with E-state index in [0.29, 0.717) is 0 Å². The third-order valence-electron chi connectivity index (χ3n) is 2.44. The number of aryl methyl sites for hydroxylation is 2. The van der Waals surface area contributed by atoms with Gasteiger partial charge < -0.3 is 0 Å². The highest BCUT2D eigenvalue weighted by Gasteiger charge is 2.16. The Kier molecular flexibility index (Phi) is 2.52. The summed E-state index contributed by atoms with van der Waals surface area (Å²) in [7, 11) is 1.91. The fraction of sp³-hybridized carbons (Fsp3) is 0.182. The van der Waals surface area contributed by atoms with E-state index in [1.54, 1.807) is 0 Å². The lowest BCUT2D eigenvalue weighted by molar-refractivity contribution is -0.713. The number of nitrogens with one attached hydrogen (secondary N) is 1. The van der Waals surface area contributed by atoms with Crippen molar-refractivity contribution in [1.82, 2.24) is 5.10 Å². The summed E-state index contributed by atoms with van der Waals surface area (Å²) in [4.78, 5) is 0. The zero-order valence-electron chi connectivity index (χ0n) is 8.71. The van der Waals surface area contributed by atoms with Gasteiger partial charge in [0.05, 0.1) is 11.3 Å². The molecule has 1 heterocycles. The van der Waals surface area contributed by atoms with E-state index in [0.717, 1.165) is 27.1 Å². The molecular weight excluding hydrogens is 254 g/mol. The number of nitrogen functional groups attached to an aromatic ring is 1. The zero-order chi connectivity index (χ0) is 11.0. The van der Waals surface area contributed by atoms with Gasteiger partial charge in [-0.25, -0.2) is 5.10 Å². The first-order chi connectivity index (χ1) is 7.09. The third kappa shape index (κ3) is 1.77. The Morgan fingerprint density at radius 1 is 1.40 bits per heavy atom. The van der Waals surface area contributed by atoms with Gasteiger partial charge in [0, 0.05) is 4.47 Å². The lowest BCUT2D eigenvalue weighted by Crippen LogP contribution is -2.33. The lowest BCUT2D eigenvalue weighted by Gasteiger charge is -1.99. The monoisotopic (exact) mass is 266 g/mol. The molecule has 2 aromatic rings. The molecule has 0 aliphatic rings. The number of rotatable bonds is 1. The van der Waals surface area contributed by atoms with Crippen LogP contribution in [-0.2, 0) is 7.05 Å². The quantitative estimate of drug-likeness (QED) is 0.764. The van der Waals surface area contributed by atoms with Gasteiger partial charge in [0.25, 0.3) is 0 Å². The number of aromatic nitrogens is 2. The summed E-state index contributed by atoms with van der Waals surface area (Å²) in [6, 6.07) is 8.12. The van der Waals surface area contributed by atoms with E-state index >= 15 is 0 Å². The number of hydrogen-bond donors (Lipinski definition) is 2. The van der Waals surface area contributed by atoms with Crippen molar-refractivity contribution in [3.8, 4) is 11.1 Å². The van der Waals surface area contributed by atoms with Crippen molar-refractivity contribution < 1.29 is 4.68 Å². The molecule has 78 valence electrons.